The summed E-state index contributed by atoms with van der Waals surface area (Å²) in [6.45, 7) is 4.86. The fraction of sp³-hybridized carbons (Fsp3) is 0.467. The third-order valence-corrected chi connectivity index (χ3v) is 3.13. The van der Waals surface area contributed by atoms with Crippen LogP contribution in [0.3, 0.4) is 0 Å². The van der Waals surface area contributed by atoms with Gasteiger partial charge in [0.2, 0.25) is 0 Å². The van der Waals surface area contributed by atoms with Gasteiger partial charge in [-0.25, -0.2) is 9.48 Å². The Morgan fingerprint density at radius 2 is 2.19 bits per heavy atom. The first kappa shape index (κ1) is 15.2. The van der Waals surface area contributed by atoms with Crippen molar-refractivity contribution in [1.29, 1.82) is 0 Å². The van der Waals surface area contributed by atoms with Crippen LogP contribution < -0.4 is 0 Å². The Labute approximate surface area is 124 Å². The molecule has 0 aliphatic carbocycles. The number of aromatic nitrogens is 4. The van der Waals surface area contributed by atoms with Gasteiger partial charge < -0.3 is 4.74 Å². The number of rotatable bonds is 7. The van der Waals surface area contributed by atoms with Crippen molar-refractivity contribution in [1.82, 2.24) is 20.0 Å². The molecule has 2 rings (SSSR count). The molecule has 2 aromatic heterocycles. The molecule has 112 valence electrons. The Kier molecular flexibility index (Phi) is 5.43. The zero-order chi connectivity index (χ0) is 15.1. The number of carbonyl (C=O) groups excluding carboxylic acids is 1. The summed E-state index contributed by atoms with van der Waals surface area (Å²) >= 11 is 0. The number of carbonyl (C=O) groups is 1. The van der Waals surface area contributed by atoms with Gasteiger partial charge in [-0.05, 0) is 31.4 Å². The number of nitrogens with zero attached hydrogens (tertiary/aromatic N) is 4. The van der Waals surface area contributed by atoms with Gasteiger partial charge in [-0.1, -0.05) is 24.6 Å². The smallest absolute Gasteiger partial charge is 0.360 e. The van der Waals surface area contributed by atoms with Gasteiger partial charge in [0.1, 0.15) is 0 Å². The monoisotopic (exact) mass is 288 g/mol. The number of esters is 1. The summed E-state index contributed by atoms with van der Waals surface area (Å²) in [6.07, 6.45) is 6.07. The van der Waals surface area contributed by atoms with Gasteiger partial charge in [0.15, 0.2) is 5.69 Å². The normalized spacial score (nSPS) is 10.6. The van der Waals surface area contributed by atoms with E-state index in [1.54, 1.807) is 17.8 Å². The van der Waals surface area contributed by atoms with E-state index >= 15 is 0 Å². The van der Waals surface area contributed by atoms with Crippen LogP contribution in [0, 0.1) is 0 Å². The van der Waals surface area contributed by atoms with E-state index in [-0.39, 0.29) is 0 Å². The van der Waals surface area contributed by atoms with Crippen LogP contribution in [0.2, 0.25) is 0 Å². The standard InChI is InChI=1S/C15H20N4O2/c1-3-6-13-14(15(20)21-4-2)17-18-19(13)10-8-12-7-5-9-16-11-12/h5,7,9,11H,3-4,6,8,10H2,1-2H3. The lowest BCUT2D eigenvalue weighted by molar-refractivity contribution is 0.0518. The van der Waals surface area contributed by atoms with E-state index < -0.39 is 5.97 Å². The summed E-state index contributed by atoms with van der Waals surface area (Å²) in [5, 5.41) is 8.09. The van der Waals surface area contributed by atoms with E-state index in [1.807, 2.05) is 18.3 Å². The molecular weight excluding hydrogens is 268 g/mol. The van der Waals surface area contributed by atoms with Crippen LogP contribution in [0.4, 0.5) is 0 Å². The molecule has 0 unspecified atom stereocenters. The molecule has 0 aromatic carbocycles. The number of hydrogen-bond acceptors (Lipinski definition) is 5. The molecule has 0 radical (unpaired) electrons. The topological polar surface area (TPSA) is 69.9 Å². The molecule has 0 spiro atoms. The molecule has 0 atom stereocenters. The molecule has 0 aliphatic rings. The summed E-state index contributed by atoms with van der Waals surface area (Å²) in [5.74, 6) is -0.395. The molecule has 0 N–H and O–H groups in total. The first-order valence-corrected chi connectivity index (χ1v) is 7.24. The van der Waals surface area contributed by atoms with Crippen LogP contribution in [0.15, 0.2) is 24.5 Å². The van der Waals surface area contributed by atoms with Crippen LogP contribution in [-0.2, 0) is 24.1 Å². The van der Waals surface area contributed by atoms with Crippen molar-refractivity contribution in [3.05, 3.63) is 41.5 Å². The van der Waals surface area contributed by atoms with E-state index in [9.17, 15) is 4.79 Å². The first-order chi connectivity index (χ1) is 10.3. The van der Waals surface area contributed by atoms with Gasteiger partial charge in [0.05, 0.1) is 12.3 Å². The van der Waals surface area contributed by atoms with E-state index in [0.717, 1.165) is 30.5 Å². The molecule has 6 nitrogen and oxygen atoms in total. The number of ether oxygens (including phenoxy) is 1. The second-order valence-corrected chi connectivity index (χ2v) is 4.69. The van der Waals surface area contributed by atoms with E-state index in [0.29, 0.717) is 18.8 Å². The lowest BCUT2D eigenvalue weighted by Crippen LogP contribution is -2.12. The summed E-state index contributed by atoms with van der Waals surface area (Å²) < 4.78 is 6.82. The average molecular weight is 288 g/mol. The minimum Gasteiger partial charge on any atom is -0.461 e. The second-order valence-electron chi connectivity index (χ2n) is 4.69. The highest BCUT2D eigenvalue weighted by Crippen LogP contribution is 2.11. The first-order valence-electron chi connectivity index (χ1n) is 7.24. The van der Waals surface area contributed by atoms with Gasteiger partial charge in [0.25, 0.3) is 0 Å². The van der Waals surface area contributed by atoms with Crippen LogP contribution in [0.25, 0.3) is 0 Å². The Morgan fingerprint density at radius 1 is 1.33 bits per heavy atom. The number of aryl methyl sites for hydroxylation is 2. The lowest BCUT2D eigenvalue weighted by atomic mass is 10.2. The molecule has 6 heteroatoms. The van der Waals surface area contributed by atoms with E-state index in [4.69, 9.17) is 4.74 Å². The zero-order valence-corrected chi connectivity index (χ0v) is 12.5. The molecule has 2 aromatic rings. The van der Waals surface area contributed by atoms with Gasteiger partial charge in [-0.3, -0.25) is 4.98 Å². The van der Waals surface area contributed by atoms with Crippen LogP contribution in [-0.4, -0.2) is 32.6 Å². The van der Waals surface area contributed by atoms with E-state index in [1.165, 1.54) is 0 Å². The fourth-order valence-corrected chi connectivity index (χ4v) is 2.14. The Morgan fingerprint density at radius 3 is 2.86 bits per heavy atom. The summed E-state index contributed by atoms with van der Waals surface area (Å²) in [4.78, 5) is 16.0. The van der Waals surface area contributed by atoms with Gasteiger partial charge in [0, 0.05) is 18.9 Å². The molecule has 0 bridgehead atoms. The largest absolute Gasteiger partial charge is 0.461 e. The highest BCUT2D eigenvalue weighted by atomic mass is 16.5. The summed E-state index contributed by atoms with van der Waals surface area (Å²) in [6, 6.07) is 3.93. The molecule has 2 heterocycles. The van der Waals surface area contributed by atoms with Crippen molar-refractivity contribution in [3.8, 4) is 0 Å². The minimum absolute atomic E-state index is 0.338. The molecular formula is C15H20N4O2. The quantitative estimate of drug-likeness (QED) is 0.729. The Balaban J connectivity index is 2.13. The predicted octanol–water partition coefficient (Wildman–Crippen LogP) is 2.04. The predicted molar refractivity (Wildman–Crippen MR) is 77.9 cm³/mol. The van der Waals surface area contributed by atoms with Crippen LogP contribution in [0.5, 0.6) is 0 Å². The number of pyridine rings is 1. The van der Waals surface area contributed by atoms with Gasteiger partial charge in [-0.15, -0.1) is 5.10 Å². The summed E-state index contributed by atoms with van der Waals surface area (Å²) in [7, 11) is 0. The number of hydrogen-bond donors (Lipinski definition) is 0. The average Bonchev–Trinajstić information content (AvgIpc) is 2.90. The molecule has 0 fully saturated rings. The zero-order valence-electron chi connectivity index (χ0n) is 12.5. The van der Waals surface area contributed by atoms with E-state index in [2.05, 4.69) is 22.2 Å². The maximum absolute atomic E-state index is 11.9. The Bertz CT molecular complexity index is 581. The highest BCUT2D eigenvalue weighted by Gasteiger charge is 2.19. The molecule has 21 heavy (non-hydrogen) atoms. The minimum atomic E-state index is -0.395. The fourth-order valence-electron chi connectivity index (χ4n) is 2.14. The molecule has 0 aliphatic heterocycles. The van der Waals surface area contributed by atoms with Gasteiger partial charge in [-0.2, -0.15) is 0 Å². The van der Waals surface area contributed by atoms with Crippen molar-refractivity contribution in [3.63, 3.8) is 0 Å². The lowest BCUT2D eigenvalue weighted by Gasteiger charge is -2.07. The van der Waals surface area contributed by atoms with Crippen LogP contribution >= 0.6 is 0 Å². The van der Waals surface area contributed by atoms with Crippen molar-refractivity contribution in [2.45, 2.75) is 39.7 Å². The Hall–Kier alpha value is -2.24. The van der Waals surface area contributed by atoms with Gasteiger partial charge >= 0.3 is 5.97 Å². The molecule has 0 saturated heterocycles. The third-order valence-electron chi connectivity index (χ3n) is 3.13. The maximum Gasteiger partial charge on any atom is 0.360 e. The molecule has 0 amide bonds. The van der Waals surface area contributed by atoms with Crippen molar-refractivity contribution >= 4 is 5.97 Å². The highest BCUT2D eigenvalue weighted by molar-refractivity contribution is 5.88. The van der Waals surface area contributed by atoms with Crippen molar-refractivity contribution in [2.75, 3.05) is 6.61 Å². The summed E-state index contributed by atoms with van der Waals surface area (Å²) in [5.41, 5.74) is 2.32. The molecule has 0 saturated carbocycles. The van der Waals surface area contributed by atoms with Crippen molar-refractivity contribution < 1.29 is 9.53 Å². The maximum atomic E-state index is 11.9. The van der Waals surface area contributed by atoms with Crippen LogP contribution in [0.1, 0.15) is 42.0 Å². The SMILES string of the molecule is CCCc1c(C(=O)OCC)nnn1CCc1cccnc1. The second kappa shape index (κ2) is 7.52. The van der Waals surface area contributed by atoms with Crippen molar-refractivity contribution in [2.24, 2.45) is 0 Å². The third kappa shape index (κ3) is 3.87.